The Balaban J connectivity index is 2.59. The Morgan fingerprint density at radius 3 is 3.00 bits per heavy atom. The van der Waals surface area contributed by atoms with Gasteiger partial charge in [-0.1, -0.05) is 0 Å². The first-order chi connectivity index (χ1) is 6.20. The molecule has 6 heteroatoms. The van der Waals surface area contributed by atoms with Gasteiger partial charge in [0.25, 0.3) is 0 Å². The summed E-state index contributed by atoms with van der Waals surface area (Å²) in [6.07, 6.45) is -0.405. The van der Waals surface area contributed by atoms with Crippen LogP contribution in [-0.4, -0.2) is 28.0 Å². The van der Waals surface area contributed by atoms with Crippen molar-refractivity contribution in [1.29, 1.82) is 0 Å². The van der Waals surface area contributed by atoms with Crippen LogP contribution in [0.2, 0.25) is 0 Å². The van der Waals surface area contributed by atoms with Gasteiger partial charge in [0.05, 0.1) is 1.37 Å². The van der Waals surface area contributed by atoms with Crippen molar-refractivity contribution in [1.82, 2.24) is 0 Å². The standard InChI is InChI=1S/C6H10N2O4/c7-4(6(9)10)1-3-2-5(3)8(11)12/h3-5H,1-2,7H2,(H,9,10)/t3-,4-,5-/m0/s1/i4D,5D. The molecule has 1 rings (SSSR count). The van der Waals surface area contributed by atoms with Gasteiger partial charge in [0.2, 0.25) is 6.02 Å². The van der Waals surface area contributed by atoms with E-state index in [1.165, 1.54) is 0 Å². The Morgan fingerprint density at radius 1 is 2.08 bits per heavy atom. The van der Waals surface area contributed by atoms with Gasteiger partial charge in [0.15, 0.2) is 0 Å². The monoisotopic (exact) mass is 176 g/mol. The van der Waals surface area contributed by atoms with E-state index in [9.17, 15) is 14.9 Å². The third kappa shape index (κ3) is 1.91. The normalized spacial score (nSPS) is 40.6. The molecule has 0 bridgehead atoms. The average Bonchev–Trinajstić information content (AvgIpc) is 2.61. The molecule has 12 heavy (non-hydrogen) atoms. The van der Waals surface area contributed by atoms with Gasteiger partial charge in [-0.2, -0.15) is 0 Å². The van der Waals surface area contributed by atoms with Crippen LogP contribution in [0.1, 0.15) is 15.6 Å². The molecule has 0 unspecified atom stereocenters. The summed E-state index contributed by atoms with van der Waals surface area (Å²) in [7, 11) is 0. The fourth-order valence-corrected chi connectivity index (χ4v) is 0.960. The molecule has 1 aliphatic carbocycles. The van der Waals surface area contributed by atoms with Crippen LogP contribution in [0.3, 0.4) is 0 Å². The van der Waals surface area contributed by atoms with Gasteiger partial charge in [-0.3, -0.25) is 14.9 Å². The minimum atomic E-state index is -2.23. The Morgan fingerprint density at radius 2 is 2.67 bits per heavy atom. The van der Waals surface area contributed by atoms with E-state index in [1.54, 1.807) is 0 Å². The molecule has 0 heterocycles. The summed E-state index contributed by atoms with van der Waals surface area (Å²) in [5, 5.41) is 18.8. The molecule has 0 amide bonds. The molecule has 0 radical (unpaired) electrons. The maximum Gasteiger partial charge on any atom is 0.320 e. The zero-order chi connectivity index (χ0) is 11.1. The van der Waals surface area contributed by atoms with Crippen molar-refractivity contribution in [3.8, 4) is 0 Å². The van der Waals surface area contributed by atoms with Gasteiger partial charge in [-0.05, 0) is 6.42 Å². The Bertz CT molecular complexity index is 296. The molecule has 1 fully saturated rings. The largest absolute Gasteiger partial charge is 0.480 e. The van der Waals surface area contributed by atoms with Crippen LogP contribution in [0.15, 0.2) is 0 Å². The van der Waals surface area contributed by atoms with E-state index in [1.807, 2.05) is 0 Å². The summed E-state index contributed by atoms with van der Waals surface area (Å²) in [6, 6.07) is -4.06. The number of nitrogens with zero attached hydrogens (tertiary/aromatic N) is 1. The maximum atomic E-state index is 10.4. The molecular formula is C6H10N2O4. The Hall–Kier alpha value is -1.17. The van der Waals surface area contributed by atoms with Gasteiger partial charge in [0, 0.05) is 17.3 Å². The minimum Gasteiger partial charge on any atom is -0.480 e. The van der Waals surface area contributed by atoms with Crippen molar-refractivity contribution < 1.29 is 17.6 Å². The third-order valence-corrected chi connectivity index (χ3v) is 1.74. The van der Waals surface area contributed by atoms with Crippen LogP contribution in [-0.2, 0) is 4.79 Å². The predicted molar refractivity (Wildman–Crippen MR) is 39.1 cm³/mol. The number of rotatable bonds is 4. The fourth-order valence-electron chi connectivity index (χ4n) is 0.960. The smallest absolute Gasteiger partial charge is 0.320 e. The number of carbonyl (C=O) groups is 1. The molecule has 0 saturated heterocycles. The van der Waals surface area contributed by atoms with Crippen molar-refractivity contribution in [3.63, 3.8) is 0 Å². The highest BCUT2D eigenvalue weighted by Crippen LogP contribution is 2.36. The van der Waals surface area contributed by atoms with Crippen LogP contribution >= 0.6 is 0 Å². The summed E-state index contributed by atoms with van der Waals surface area (Å²) in [5.74, 6) is -2.27. The highest BCUT2D eigenvalue weighted by molar-refractivity contribution is 5.73. The molecule has 68 valence electrons. The van der Waals surface area contributed by atoms with Crippen molar-refractivity contribution in [2.45, 2.75) is 24.9 Å². The lowest BCUT2D eigenvalue weighted by Gasteiger charge is -2.02. The predicted octanol–water partition coefficient (Wildman–Crippen LogP) is -0.546. The first-order valence-electron chi connectivity index (χ1n) is 4.37. The van der Waals surface area contributed by atoms with Crippen LogP contribution in [0.5, 0.6) is 0 Å². The topological polar surface area (TPSA) is 106 Å². The van der Waals surface area contributed by atoms with Gasteiger partial charge in [0.1, 0.15) is 7.39 Å². The highest BCUT2D eigenvalue weighted by atomic mass is 16.6. The number of carboxylic acids is 1. The minimum absolute atomic E-state index is 0.0366. The molecular weight excluding hydrogens is 164 g/mol. The summed E-state index contributed by atoms with van der Waals surface area (Å²) in [5.41, 5.74) is 5.08. The van der Waals surface area contributed by atoms with E-state index in [0.29, 0.717) is 0 Å². The Kier molecular flexibility index (Phi) is 1.62. The number of hydrogen-bond acceptors (Lipinski definition) is 4. The zero-order valence-corrected chi connectivity index (χ0v) is 6.19. The molecule has 0 aromatic rings. The summed E-state index contributed by atoms with van der Waals surface area (Å²) < 4.78 is 14.4. The lowest BCUT2D eigenvalue weighted by atomic mass is 10.1. The van der Waals surface area contributed by atoms with Crippen molar-refractivity contribution in [2.75, 3.05) is 0 Å². The van der Waals surface area contributed by atoms with Crippen LogP contribution in [0.4, 0.5) is 0 Å². The van der Waals surface area contributed by atoms with Gasteiger partial charge >= 0.3 is 5.97 Å². The van der Waals surface area contributed by atoms with Crippen LogP contribution in [0.25, 0.3) is 0 Å². The van der Waals surface area contributed by atoms with E-state index in [2.05, 4.69) is 0 Å². The molecule has 0 aromatic carbocycles. The second kappa shape index (κ2) is 3.06. The lowest BCUT2D eigenvalue weighted by Crippen LogP contribution is -2.31. The molecule has 0 spiro atoms. The third-order valence-electron chi connectivity index (χ3n) is 1.74. The zero-order valence-electron chi connectivity index (χ0n) is 8.19. The summed E-state index contributed by atoms with van der Waals surface area (Å²) in [4.78, 5) is 20.0. The Labute approximate surface area is 71.3 Å². The van der Waals surface area contributed by atoms with Gasteiger partial charge < -0.3 is 10.8 Å². The number of carboxylic acid groups (broad SMARTS) is 1. The first kappa shape index (κ1) is 6.36. The molecule has 1 aliphatic rings. The fraction of sp³-hybridized carbons (Fsp3) is 0.833. The first-order valence-corrected chi connectivity index (χ1v) is 3.37. The van der Waals surface area contributed by atoms with E-state index in [4.69, 9.17) is 13.6 Å². The molecule has 0 aromatic heterocycles. The number of aliphatic carboxylic acids is 1. The van der Waals surface area contributed by atoms with Crippen LogP contribution < -0.4 is 5.73 Å². The quantitative estimate of drug-likeness (QED) is 0.441. The highest BCUT2D eigenvalue weighted by Gasteiger charge is 2.49. The molecule has 6 nitrogen and oxygen atoms in total. The molecule has 0 aliphatic heterocycles. The van der Waals surface area contributed by atoms with E-state index >= 15 is 0 Å². The van der Waals surface area contributed by atoms with Crippen molar-refractivity contribution in [2.24, 2.45) is 11.7 Å². The number of nitrogens with two attached hydrogens (primary N) is 1. The van der Waals surface area contributed by atoms with E-state index in [0.717, 1.165) is 0 Å². The number of hydrogen-bond donors (Lipinski definition) is 2. The molecule has 3 atom stereocenters. The van der Waals surface area contributed by atoms with E-state index in [-0.39, 0.29) is 12.8 Å². The van der Waals surface area contributed by atoms with Crippen LogP contribution in [0, 0.1) is 16.0 Å². The summed E-state index contributed by atoms with van der Waals surface area (Å²) in [6.45, 7) is 0. The SMILES string of the molecule is [2H][C@](N)(C[C@H]1C[C@]1([2H])[N+](=O)[O-])C(=O)O. The molecule has 1 saturated carbocycles. The number of nitro groups is 1. The molecule has 3 N–H and O–H groups in total. The van der Waals surface area contributed by atoms with Gasteiger partial charge in [-0.25, -0.2) is 0 Å². The second-order valence-corrected chi connectivity index (χ2v) is 2.68. The van der Waals surface area contributed by atoms with E-state index < -0.39 is 28.8 Å². The van der Waals surface area contributed by atoms with Crippen molar-refractivity contribution >= 4 is 5.97 Å². The van der Waals surface area contributed by atoms with Gasteiger partial charge in [-0.15, -0.1) is 0 Å². The van der Waals surface area contributed by atoms with Crippen molar-refractivity contribution in [3.05, 3.63) is 10.1 Å². The second-order valence-electron chi connectivity index (χ2n) is 2.68. The maximum absolute atomic E-state index is 10.4. The summed E-state index contributed by atoms with van der Waals surface area (Å²) >= 11 is 0. The lowest BCUT2D eigenvalue weighted by molar-refractivity contribution is -0.498. The average molecular weight is 176 g/mol.